The van der Waals surface area contributed by atoms with Gasteiger partial charge in [-0.3, -0.25) is 4.68 Å². The molecule has 1 aliphatic carbocycles. The van der Waals surface area contributed by atoms with Gasteiger partial charge in [-0.1, -0.05) is 26.2 Å². The standard InChI is InChI=1S/C17H28N2O2/c1-2-5-16-13-17(20,9-11-21-16)12-14-8-10-19(18-14)15-6-3-4-7-15/h8,10,15-16,20H,2-7,9,11-13H2,1H3. The van der Waals surface area contributed by atoms with E-state index in [-0.39, 0.29) is 6.10 Å². The Labute approximate surface area is 127 Å². The summed E-state index contributed by atoms with van der Waals surface area (Å²) in [5.41, 5.74) is 0.397. The van der Waals surface area contributed by atoms with Crippen LogP contribution in [0, 0.1) is 0 Å². The third-order valence-electron chi connectivity index (χ3n) is 5.01. The first-order valence-corrected chi connectivity index (χ1v) is 8.56. The van der Waals surface area contributed by atoms with Gasteiger partial charge in [0.1, 0.15) is 0 Å². The zero-order valence-corrected chi connectivity index (χ0v) is 13.1. The maximum absolute atomic E-state index is 10.9. The first-order chi connectivity index (χ1) is 10.2. The van der Waals surface area contributed by atoms with Gasteiger partial charge in [0.25, 0.3) is 0 Å². The average molecular weight is 292 g/mol. The summed E-state index contributed by atoms with van der Waals surface area (Å²) in [6.45, 7) is 2.84. The van der Waals surface area contributed by atoms with Crippen LogP contribution in [0.2, 0.25) is 0 Å². The van der Waals surface area contributed by atoms with Crippen molar-refractivity contribution in [2.24, 2.45) is 0 Å². The molecule has 0 radical (unpaired) electrons. The van der Waals surface area contributed by atoms with Gasteiger partial charge in [0.15, 0.2) is 0 Å². The van der Waals surface area contributed by atoms with Gasteiger partial charge in [0.05, 0.1) is 23.4 Å². The predicted molar refractivity (Wildman–Crippen MR) is 82.3 cm³/mol. The molecule has 118 valence electrons. The molecule has 1 aliphatic heterocycles. The van der Waals surface area contributed by atoms with Crippen LogP contribution >= 0.6 is 0 Å². The normalized spacial score (nSPS) is 30.9. The van der Waals surface area contributed by atoms with Crippen molar-refractivity contribution in [2.75, 3.05) is 6.61 Å². The summed E-state index contributed by atoms with van der Waals surface area (Å²) < 4.78 is 7.87. The van der Waals surface area contributed by atoms with E-state index in [0.29, 0.717) is 19.1 Å². The monoisotopic (exact) mass is 292 g/mol. The van der Waals surface area contributed by atoms with Crippen LogP contribution in [0.25, 0.3) is 0 Å². The van der Waals surface area contributed by atoms with Crippen LogP contribution < -0.4 is 0 Å². The van der Waals surface area contributed by atoms with Gasteiger partial charge in [-0.2, -0.15) is 5.10 Å². The van der Waals surface area contributed by atoms with Crippen LogP contribution in [0.1, 0.15) is 70.0 Å². The maximum Gasteiger partial charge on any atom is 0.0750 e. The lowest BCUT2D eigenvalue weighted by atomic mass is 9.85. The molecule has 0 amide bonds. The first-order valence-electron chi connectivity index (χ1n) is 8.56. The lowest BCUT2D eigenvalue weighted by molar-refractivity contribution is -0.105. The van der Waals surface area contributed by atoms with Crippen LogP contribution in [-0.4, -0.2) is 33.2 Å². The Morgan fingerprint density at radius 3 is 3.00 bits per heavy atom. The molecule has 0 spiro atoms. The lowest BCUT2D eigenvalue weighted by Gasteiger charge is -2.36. The van der Waals surface area contributed by atoms with E-state index in [1.54, 1.807) is 0 Å². The second kappa shape index (κ2) is 6.49. The first kappa shape index (κ1) is 15.0. The largest absolute Gasteiger partial charge is 0.389 e. The van der Waals surface area contributed by atoms with Crippen molar-refractivity contribution in [3.63, 3.8) is 0 Å². The van der Waals surface area contributed by atoms with Crippen molar-refractivity contribution in [1.82, 2.24) is 9.78 Å². The highest BCUT2D eigenvalue weighted by atomic mass is 16.5. The van der Waals surface area contributed by atoms with Crippen molar-refractivity contribution in [3.05, 3.63) is 18.0 Å². The molecule has 1 aromatic heterocycles. The molecular weight excluding hydrogens is 264 g/mol. The van der Waals surface area contributed by atoms with Gasteiger partial charge >= 0.3 is 0 Å². The molecule has 2 unspecified atom stereocenters. The van der Waals surface area contributed by atoms with Crippen molar-refractivity contribution >= 4 is 0 Å². The predicted octanol–water partition coefficient (Wildman–Crippen LogP) is 3.25. The summed E-state index contributed by atoms with van der Waals surface area (Å²) in [6, 6.07) is 2.66. The number of ether oxygens (including phenoxy) is 1. The van der Waals surface area contributed by atoms with Crippen molar-refractivity contribution in [2.45, 2.75) is 82.5 Å². The van der Waals surface area contributed by atoms with Crippen LogP contribution in [0.15, 0.2) is 12.3 Å². The van der Waals surface area contributed by atoms with E-state index >= 15 is 0 Å². The average Bonchev–Trinajstić information content (AvgIpc) is 3.09. The summed E-state index contributed by atoms with van der Waals surface area (Å²) in [5.74, 6) is 0. The molecule has 2 heterocycles. The van der Waals surface area contributed by atoms with Crippen LogP contribution in [-0.2, 0) is 11.2 Å². The molecule has 1 saturated heterocycles. The molecule has 4 heteroatoms. The Kier molecular flexibility index (Phi) is 4.65. The number of hydrogen-bond acceptors (Lipinski definition) is 3. The minimum absolute atomic E-state index is 0.214. The molecular formula is C17H28N2O2. The van der Waals surface area contributed by atoms with Gasteiger partial charge in [-0.25, -0.2) is 0 Å². The molecule has 21 heavy (non-hydrogen) atoms. The third-order valence-corrected chi connectivity index (χ3v) is 5.01. The minimum Gasteiger partial charge on any atom is -0.389 e. The van der Waals surface area contributed by atoms with E-state index < -0.39 is 5.60 Å². The molecule has 4 nitrogen and oxygen atoms in total. The number of aliphatic hydroxyl groups is 1. The van der Waals surface area contributed by atoms with E-state index in [2.05, 4.69) is 23.9 Å². The summed E-state index contributed by atoms with van der Waals surface area (Å²) in [5, 5.41) is 15.6. The summed E-state index contributed by atoms with van der Waals surface area (Å²) in [4.78, 5) is 0. The molecule has 0 aromatic carbocycles. The highest BCUT2D eigenvalue weighted by molar-refractivity contribution is 5.06. The highest BCUT2D eigenvalue weighted by Crippen LogP contribution is 2.32. The van der Waals surface area contributed by atoms with Gasteiger partial charge in [0.2, 0.25) is 0 Å². The van der Waals surface area contributed by atoms with Crippen LogP contribution in [0.5, 0.6) is 0 Å². The molecule has 1 N–H and O–H groups in total. The van der Waals surface area contributed by atoms with E-state index in [0.717, 1.165) is 31.4 Å². The SMILES string of the molecule is CCCC1CC(O)(Cc2ccn(C3CCCC3)n2)CCO1. The Balaban J connectivity index is 1.62. The van der Waals surface area contributed by atoms with E-state index in [1.165, 1.54) is 25.7 Å². The number of rotatable bonds is 5. The molecule has 2 atom stereocenters. The van der Waals surface area contributed by atoms with E-state index in [4.69, 9.17) is 9.84 Å². The smallest absolute Gasteiger partial charge is 0.0750 e. The van der Waals surface area contributed by atoms with Crippen molar-refractivity contribution in [1.29, 1.82) is 0 Å². The summed E-state index contributed by atoms with van der Waals surface area (Å²) >= 11 is 0. The van der Waals surface area contributed by atoms with Crippen LogP contribution in [0.3, 0.4) is 0 Å². The number of nitrogens with zero attached hydrogens (tertiary/aromatic N) is 2. The Morgan fingerprint density at radius 1 is 1.43 bits per heavy atom. The van der Waals surface area contributed by atoms with Crippen molar-refractivity contribution in [3.8, 4) is 0 Å². The zero-order chi connectivity index (χ0) is 14.7. The molecule has 2 fully saturated rings. The Morgan fingerprint density at radius 2 is 2.24 bits per heavy atom. The van der Waals surface area contributed by atoms with E-state index in [9.17, 15) is 5.11 Å². The van der Waals surface area contributed by atoms with Gasteiger partial charge in [0, 0.05) is 25.6 Å². The lowest BCUT2D eigenvalue weighted by Crippen LogP contribution is -2.42. The number of aromatic nitrogens is 2. The Bertz CT molecular complexity index is 451. The Hall–Kier alpha value is -0.870. The molecule has 0 bridgehead atoms. The van der Waals surface area contributed by atoms with Gasteiger partial charge < -0.3 is 9.84 Å². The second-order valence-corrected chi connectivity index (χ2v) is 6.86. The molecule has 3 rings (SSSR count). The maximum atomic E-state index is 10.9. The van der Waals surface area contributed by atoms with Crippen molar-refractivity contribution < 1.29 is 9.84 Å². The quantitative estimate of drug-likeness (QED) is 0.906. The van der Waals surface area contributed by atoms with Crippen LogP contribution in [0.4, 0.5) is 0 Å². The topological polar surface area (TPSA) is 47.3 Å². The van der Waals surface area contributed by atoms with E-state index in [1.807, 2.05) is 0 Å². The summed E-state index contributed by atoms with van der Waals surface area (Å²) in [6.07, 6.45) is 11.7. The van der Waals surface area contributed by atoms with Gasteiger partial charge in [-0.15, -0.1) is 0 Å². The number of hydrogen-bond donors (Lipinski definition) is 1. The molecule has 2 aliphatic rings. The zero-order valence-electron chi connectivity index (χ0n) is 13.1. The third kappa shape index (κ3) is 3.67. The fourth-order valence-corrected chi connectivity index (χ4v) is 3.85. The highest BCUT2D eigenvalue weighted by Gasteiger charge is 2.35. The summed E-state index contributed by atoms with van der Waals surface area (Å²) in [7, 11) is 0. The second-order valence-electron chi connectivity index (χ2n) is 6.86. The van der Waals surface area contributed by atoms with Gasteiger partial charge in [-0.05, 0) is 31.7 Å². The molecule has 1 aromatic rings. The fourth-order valence-electron chi connectivity index (χ4n) is 3.85. The minimum atomic E-state index is -0.632. The fraction of sp³-hybridized carbons (Fsp3) is 0.824. The molecule has 1 saturated carbocycles.